The summed E-state index contributed by atoms with van der Waals surface area (Å²) in [6.07, 6.45) is 0.362. The molecule has 0 radical (unpaired) electrons. The first-order valence-electron chi connectivity index (χ1n) is 11.9. The number of hydrogen-bond acceptors (Lipinski definition) is 5. The predicted molar refractivity (Wildman–Crippen MR) is 152 cm³/mol. The SMILES string of the molecule is Cc1c(Cl)ccc(S(=O)(=O)N(CCc2ccccc2)CC(=O)NCC(=O)NCc2ccc(C(=N)N)cc2)c1Cl. The number of sulfonamides is 1. The standard InChI is InChI=1S/C27H29Cl2N5O4S/c1-18-22(28)11-12-23(26(18)29)39(37,38)34(14-13-19-5-3-2-4-6-19)17-25(36)33-16-24(35)32-15-20-7-9-21(10-8-20)27(30)31/h2-12H,13-17H2,1H3,(H3,30,31)(H,32,35)(H,33,36). The van der Waals surface area contributed by atoms with Gasteiger partial charge in [-0.3, -0.25) is 15.0 Å². The lowest BCUT2D eigenvalue weighted by atomic mass is 10.1. The van der Waals surface area contributed by atoms with Gasteiger partial charge in [-0.15, -0.1) is 0 Å². The van der Waals surface area contributed by atoms with Gasteiger partial charge in [0, 0.05) is 23.7 Å². The Hall–Kier alpha value is -3.44. The van der Waals surface area contributed by atoms with Crippen molar-refractivity contribution in [2.45, 2.75) is 24.8 Å². The molecule has 0 aliphatic heterocycles. The summed E-state index contributed by atoms with van der Waals surface area (Å²) in [5.74, 6) is -1.15. The van der Waals surface area contributed by atoms with E-state index in [4.69, 9.17) is 34.3 Å². The second-order valence-corrected chi connectivity index (χ2v) is 11.4. The van der Waals surface area contributed by atoms with E-state index in [1.807, 2.05) is 30.3 Å². The minimum atomic E-state index is -4.17. The number of halogens is 2. The number of amidine groups is 1. The lowest BCUT2D eigenvalue weighted by Crippen LogP contribution is -2.44. The molecule has 0 fully saturated rings. The first kappa shape index (κ1) is 30.1. The van der Waals surface area contributed by atoms with Gasteiger partial charge in [-0.2, -0.15) is 4.31 Å². The van der Waals surface area contributed by atoms with E-state index in [1.54, 1.807) is 31.2 Å². The molecule has 0 bridgehead atoms. The van der Waals surface area contributed by atoms with Crippen LogP contribution in [0.1, 0.15) is 22.3 Å². The maximum Gasteiger partial charge on any atom is 0.245 e. The first-order valence-corrected chi connectivity index (χ1v) is 14.1. The molecule has 3 aromatic carbocycles. The van der Waals surface area contributed by atoms with Crippen molar-refractivity contribution < 1.29 is 18.0 Å². The second kappa shape index (κ2) is 13.6. The molecule has 5 N–H and O–H groups in total. The Morgan fingerprint density at radius 2 is 1.59 bits per heavy atom. The normalized spacial score (nSPS) is 11.3. The highest BCUT2D eigenvalue weighted by Gasteiger charge is 2.29. The molecule has 0 atom stereocenters. The van der Waals surface area contributed by atoms with Crippen molar-refractivity contribution in [2.24, 2.45) is 5.73 Å². The summed E-state index contributed by atoms with van der Waals surface area (Å²) in [4.78, 5) is 24.9. The summed E-state index contributed by atoms with van der Waals surface area (Å²) >= 11 is 12.4. The van der Waals surface area contributed by atoms with Crippen LogP contribution in [-0.2, 0) is 32.6 Å². The average molecular weight is 591 g/mol. The minimum absolute atomic E-state index is 0.0108. The molecule has 0 saturated heterocycles. The summed E-state index contributed by atoms with van der Waals surface area (Å²) in [6, 6.07) is 18.8. The van der Waals surface area contributed by atoms with E-state index < -0.39 is 28.4 Å². The van der Waals surface area contributed by atoms with Gasteiger partial charge in [-0.25, -0.2) is 8.42 Å². The lowest BCUT2D eigenvalue weighted by Gasteiger charge is -2.23. The van der Waals surface area contributed by atoms with Crippen molar-refractivity contribution in [3.05, 3.63) is 99.0 Å². The number of nitrogen functional groups attached to an aromatic ring is 1. The van der Waals surface area contributed by atoms with Crippen LogP contribution in [0, 0.1) is 12.3 Å². The number of carbonyl (C=O) groups excluding carboxylic acids is 2. The number of nitrogens with one attached hydrogen (secondary N) is 3. The molecule has 0 aliphatic carbocycles. The van der Waals surface area contributed by atoms with E-state index in [0.29, 0.717) is 22.6 Å². The largest absolute Gasteiger partial charge is 0.384 e. The van der Waals surface area contributed by atoms with Crippen LogP contribution in [0.2, 0.25) is 10.0 Å². The number of nitrogens with two attached hydrogens (primary N) is 1. The van der Waals surface area contributed by atoms with Crippen molar-refractivity contribution in [1.29, 1.82) is 5.41 Å². The Morgan fingerprint density at radius 3 is 2.23 bits per heavy atom. The third-order valence-corrected chi connectivity index (χ3v) is 8.81. The van der Waals surface area contributed by atoms with Crippen molar-refractivity contribution in [1.82, 2.24) is 14.9 Å². The maximum atomic E-state index is 13.6. The third kappa shape index (κ3) is 8.27. The zero-order valence-electron chi connectivity index (χ0n) is 21.2. The van der Waals surface area contributed by atoms with Crippen molar-refractivity contribution in [2.75, 3.05) is 19.6 Å². The van der Waals surface area contributed by atoms with Crippen LogP contribution in [0.5, 0.6) is 0 Å². The average Bonchev–Trinajstić information content (AvgIpc) is 2.92. The second-order valence-electron chi connectivity index (χ2n) is 8.72. The number of rotatable bonds is 12. The molecule has 0 heterocycles. The molecule has 0 aliphatic rings. The van der Waals surface area contributed by atoms with Crippen molar-refractivity contribution >= 4 is 50.9 Å². The highest BCUT2D eigenvalue weighted by molar-refractivity contribution is 7.89. The van der Waals surface area contributed by atoms with Crippen LogP contribution < -0.4 is 16.4 Å². The predicted octanol–water partition coefficient (Wildman–Crippen LogP) is 3.25. The van der Waals surface area contributed by atoms with Crippen molar-refractivity contribution in [3.63, 3.8) is 0 Å². The molecule has 9 nitrogen and oxygen atoms in total. The highest BCUT2D eigenvalue weighted by Crippen LogP contribution is 2.32. The summed E-state index contributed by atoms with van der Waals surface area (Å²) in [5.41, 5.74) is 8.10. The Labute approximate surface area is 237 Å². The third-order valence-electron chi connectivity index (χ3n) is 5.92. The van der Waals surface area contributed by atoms with Gasteiger partial charge in [0.2, 0.25) is 21.8 Å². The van der Waals surface area contributed by atoms with Gasteiger partial charge >= 0.3 is 0 Å². The van der Waals surface area contributed by atoms with Crippen LogP contribution in [0.4, 0.5) is 0 Å². The molecule has 0 aromatic heterocycles. The fraction of sp³-hybridized carbons (Fsp3) is 0.222. The molecule has 3 aromatic rings. The van der Waals surface area contributed by atoms with E-state index in [0.717, 1.165) is 15.4 Å². The number of benzene rings is 3. The van der Waals surface area contributed by atoms with Gasteiger partial charge in [-0.1, -0.05) is 77.8 Å². The minimum Gasteiger partial charge on any atom is -0.384 e. The van der Waals surface area contributed by atoms with E-state index in [9.17, 15) is 18.0 Å². The summed E-state index contributed by atoms with van der Waals surface area (Å²) in [6.45, 7) is 0.991. The monoisotopic (exact) mass is 589 g/mol. The van der Waals surface area contributed by atoms with Gasteiger partial charge < -0.3 is 16.4 Å². The van der Waals surface area contributed by atoms with E-state index in [-0.39, 0.29) is 35.4 Å². The molecule has 0 saturated carbocycles. The molecule has 39 heavy (non-hydrogen) atoms. The molecule has 206 valence electrons. The molecular formula is C27H29Cl2N5O4S. The van der Waals surface area contributed by atoms with Crippen LogP contribution in [0.25, 0.3) is 0 Å². The molecule has 2 amide bonds. The van der Waals surface area contributed by atoms with E-state index in [1.165, 1.54) is 12.1 Å². The lowest BCUT2D eigenvalue weighted by molar-refractivity contribution is -0.126. The first-order chi connectivity index (χ1) is 18.5. The number of nitrogens with zero attached hydrogens (tertiary/aromatic N) is 1. The van der Waals surface area contributed by atoms with E-state index in [2.05, 4.69) is 10.6 Å². The van der Waals surface area contributed by atoms with Gasteiger partial charge in [0.05, 0.1) is 18.1 Å². The van der Waals surface area contributed by atoms with E-state index >= 15 is 0 Å². The Bertz CT molecular complexity index is 1450. The zero-order chi connectivity index (χ0) is 28.6. The molecule has 12 heteroatoms. The van der Waals surface area contributed by atoms with Crippen LogP contribution >= 0.6 is 23.2 Å². The molecule has 3 rings (SSSR count). The Morgan fingerprint density at radius 1 is 0.923 bits per heavy atom. The van der Waals surface area contributed by atoms with Crippen LogP contribution in [0.3, 0.4) is 0 Å². The quantitative estimate of drug-likeness (QED) is 0.189. The zero-order valence-corrected chi connectivity index (χ0v) is 23.5. The van der Waals surface area contributed by atoms with Gasteiger partial charge in [0.25, 0.3) is 0 Å². The number of hydrogen-bond donors (Lipinski definition) is 4. The molecular weight excluding hydrogens is 561 g/mol. The smallest absolute Gasteiger partial charge is 0.245 e. The fourth-order valence-corrected chi connectivity index (χ4v) is 5.80. The highest BCUT2D eigenvalue weighted by atomic mass is 35.5. The summed E-state index contributed by atoms with van der Waals surface area (Å²) in [5, 5.41) is 12.9. The van der Waals surface area contributed by atoms with Gasteiger partial charge in [-0.05, 0) is 42.2 Å². The van der Waals surface area contributed by atoms with Crippen LogP contribution in [-0.4, -0.2) is 50.0 Å². The Kier molecular flexibility index (Phi) is 10.5. The van der Waals surface area contributed by atoms with Gasteiger partial charge in [0.1, 0.15) is 10.7 Å². The van der Waals surface area contributed by atoms with Crippen LogP contribution in [0.15, 0.2) is 71.6 Å². The summed E-state index contributed by atoms with van der Waals surface area (Å²) < 4.78 is 28.2. The van der Waals surface area contributed by atoms with Gasteiger partial charge in [0.15, 0.2) is 0 Å². The number of amides is 2. The molecule has 0 spiro atoms. The Balaban J connectivity index is 1.65. The topological polar surface area (TPSA) is 145 Å². The van der Waals surface area contributed by atoms with Crippen molar-refractivity contribution in [3.8, 4) is 0 Å². The number of carbonyl (C=O) groups is 2. The fourth-order valence-electron chi connectivity index (χ4n) is 3.62. The molecule has 0 unspecified atom stereocenters. The maximum absolute atomic E-state index is 13.6. The summed E-state index contributed by atoms with van der Waals surface area (Å²) in [7, 11) is -4.17.